The van der Waals surface area contributed by atoms with Crippen LogP contribution in [0.2, 0.25) is 0 Å². The zero-order valence-electron chi connectivity index (χ0n) is 17.3. The number of nitrogens with one attached hydrogen (secondary N) is 1. The van der Waals surface area contributed by atoms with Gasteiger partial charge in [0, 0.05) is 30.9 Å². The zero-order valence-corrected chi connectivity index (χ0v) is 17.3. The van der Waals surface area contributed by atoms with Crippen molar-refractivity contribution in [3.63, 3.8) is 0 Å². The molecular weight excluding hydrogens is 370 g/mol. The number of nitrogens with zero attached hydrogens (tertiary/aromatic N) is 4. The van der Waals surface area contributed by atoms with Crippen LogP contribution in [0.3, 0.4) is 0 Å². The summed E-state index contributed by atoms with van der Waals surface area (Å²) in [5.41, 5.74) is 1.73. The number of methoxy groups -OCH3 is 1. The highest BCUT2D eigenvalue weighted by Gasteiger charge is 2.29. The summed E-state index contributed by atoms with van der Waals surface area (Å²) in [6.45, 7) is 3.53. The number of carbonyl (C=O) groups is 2. The number of ether oxygens (including phenoxy) is 1. The van der Waals surface area contributed by atoms with E-state index in [0.29, 0.717) is 42.4 Å². The van der Waals surface area contributed by atoms with Crippen LogP contribution in [-0.4, -0.2) is 72.4 Å². The smallest absolute Gasteiger partial charge is 0.259 e. The number of likely N-dealkylation sites (N-methyl/N-ethyl adjacent to an activating group) is 1. The van der Waals surface area contributed by atoms with Gasteiger partial charge in [-0.05, 0) is 51.7 Å². The first-order valence-corrected chi connectivity index (χ1v) is 9.59. The van der Waals surface area contributed by atoms with Gasteiger partial charge in [-0.2, -0.15) is 0 Å². The molecule has 1 aliphatic heterocycles. The number of aromatic nitrogens is 2. The molecule has 1 N–H and O–H groups in total. The van der Waals surface area contributed by atoms with Crippen molar-refractivity contribution in [3.8, 4) is 5.75 Å². The molecule has 29 heavy (non-hydrogen) atoms. The monoisotopic (exact) mass is 397 g/mol. The summed E-state index contributed by atoms with van der Waals surface area (Å²) >= 11 is 0. The third-order valence-corrected chi connectivity index (χ3v) is 4.95. The number of hydrogen-bond donors (Lipinski definition) is 1. The van der Waals surface area contributed by atoms with Crippen molar-refractivity contribution in [2.45, 2.75) is 19.3 Å². The van der Waals surface area contributed by atoms with Crippen molar-refractivity contribution in [1.82, 2.24) is 19.8 Å². The van der Waals surface area contributed by atoms with Crippen LogP contribution in [0.15, 0.2) is 30.5 Å². The lowest BCUT2D eigenvalue weighted by Crippen LogP contribution is -2.36. The summed E-state index contributed by atoms with van der Waals surface area (Å²) < 4.78 is 5.12. The Morgan fingerprint density at radius 2 is 2.00 bits per heavy atom. The number of hydrogen-bond acceptors (Lipinski definition) is 6. The molecule has 1 atom stereocenters. The maximum absolute atomic E-state index is 12.6. The Morgan fingerprint density at radius 1 is 1.28 bits per heavy atom. The van der Waals surface area contributed by atoms with Gasteiger partial charge in [0.2, 0.25) is 5.91 Å². The molecule has 1 aromatic carbocycles. The lowest BCUT2D eigenvalue weighted by Gasteiger charge is -2.19. The Morgan fingerprint density at radius 3 is 2.62 bits per heavy atom. The molecule has 2 aromatic rings. The fourth-order valence-corrected chi connectivity index (χ4v) is 3.35. The van der Waals surface area contributed by atoms with Crippen LogP contribution in [0.5, 0.6) is 5.75 Å². The standard InChI is InChI=1S/C21H27N5O3/c1-14-18(21(28)24-16-5-7-17(29-4)8-6-16)11-22-20(23-14)15-9-10-26(12-15)19(27)13-25(2)3/h5-8,11,15H,9-10,12-13H2,1-4H3,(H,24,28)/t15-/m0/s1. The second kappa shape index (κ2) is 9.00. The van der Waals surface area contributed by atoms with Crippen molar-refractivity contribution >= 4 is 17.5 Å². The molecule has 2 amide bonds. The van der Waals surface area contributed by atoms with E-state index >= 15 is 0 Å². The van der Waals surface area contributed by atoms with Crippen LogP contribution < -0.4 is 10.1 Å². The Balaban J connectivity index is 1.65. The molecule has 2 heterocycles. The second-order valence-corrected chi connectivity index (χ2v) is 7.47. The normalized spacial score (nSPS) is 16.2. The minimum Gasteiger partial charge on any atom is -0.497 e. The summed E-state index contributed by atoms with van der Waals surface area (Å²) in [7, 11) is 5.36. The van der Waals surface area contributed by atoms with E-state index in [2.05, 4.69) is 15.3 Å². The summed E-state index contributed by atoms with van der Waals surface area (Å²) in [4.78, 5) is 37.5. The van der Waals surface area contributed by atoms with E-state index in [1.165, 1.54) is 0 Å². The molecular formula is C21H27N5O3. The molecule has 0 unspecified atom stereocenters. The fourth-order valence-electron chi connectivity index (χ4n) is 3.35. The van der Waals surface area contributed by atoms with E-state index in [1.54, 1.807) is 44.5 Å². The molecule has 1 saturated heterocycles. The van der Waals surface area contributed by atoms with Gasteiger partial charge in [0.15, 0.2) is 0 Å². The number of rotatable bonds is 6. The Hall–Kier alpha value is -3.00. The topological polar surface area (TPSA) is 87.7 Å². The molecule has 0 aliphatic carbocycles. The van der Waals surface area contributed by atoms with Gasteiger partial charge in [-0.3, -0.25) is 9.59 Å². The molecule has 0 spiro atoms. The average Bonchev–Trinajstić information content (AvgIpc) is 3.18. The molecule has 8 heteroatoms. The lowest BCUT2D eigenvalue weighted by atomic mass is 10.1. The largest absolute Gasteiger partial charge is 0.497 e. The highest BCUT2D eigenvalue weighted by Crippen LogP contribution is 2.25. The molecule has 8 nitrogen and oxygen atoms in total. The van der Waals surface area contributed by atoms with E-state index < -0.39 is 0 Å². The van der Waals surface area contributed by atoms with Crippen molar-refractivity contribution in [2.75, 3.05) is 46.2 Å². The molecule has 0 saturated carbocycles. The van der Waals surface area contributed by atoms with Gasteiger partial charge in [0.25, 0.3) is 5.91 Å². The summed E-state index contributed by atoms with van der Waals surface area (Å²) in [6, 6.07) is 7.12. The minimum atomic E-state index is -0.256. The number of benzene rings is 1. The Labute approximate surface area is 170 Å². The van der Waals surface area contributed by atoms with Crippen molar-refractivity contribution in [3.05, 3.63) is 47.5 Å². The zero-order chi connectivity index (χ0) is 21.0. The van der Waals surface area contributed by atoms with Crippen LogP contribution in [0.1, 0.15) is 34.2 Å². The predicted molar refractivity (Wildman–Crippen MR) is 110 cm³/mol. The minimum absolute atomic E-state index is 0.0958. The number of carbonyl (C=O) groups excluding carboxylic acids is 2. The quantitative estimate of drug-likeness (QED) is 0.801. The second-order valence-electron chi connectivity index (χ2n) is 7.47. The molecule has 0 bridgehead atoms. The molecule has 154 valence electrons. The first-order valence-electron chi connectivity index (χ1n) is 9.59. The number of aryl methyl sites for hydroxylation is 1. The third-order valence-electron chi connectivity index (χ3n) is 4.95. The van der Waals surface area contributed by atoms with Gasteiger partial charge in [-0.15, -0.1) is 0 Å². The van der Waals surface area contributed by atoms with Crippen LogP contribution >= 0.6 is 0 Å². The van der Waals surface area contributed by atoms with E-state index in [0.717, 1.165) is 12.2 Å². The summed E-state index contributed by atoms with van der Waals surface area (Å²) in [6.07, 6.45) is 2.40. The van der Waals surface area contributed by atoms with Gasteiger partial charge in [0.05, 0.1) is 24.9 Å². The first kappa shape index (κ1) is 20.7. The van der Waals surface area contributed by atoms with Crippen LogP contribution in [-0.2, 0) is 4.79 Å². The van der Waals surface area contributed by atoms with Gasteiger partial charge in [-0.1, -0.05) is 0 Å². The van der Waals surface area contributed by atoms with Crippen LogP contribution in [0, 0.1) is 6.92 Å². The van der Waals surface area contributed by atoms with Crippen molar-refractivity contribution in [2.24, 2.45) is 0 Å². The molecule has 0 radical (unpaired) electrons. The maximum atomic E-state index is 12.6. The maximum Gasteiger partial charge on any atom is 0.259 e. The Bertz CT molecular complexity index is 882. The highest BCUT2D eigenvalue weighted by molar-refractivity contribution is 6.04. The summed E-state index contributed by atoms with van der Waals surface area (Å²) in [5, 5.41) is 2.85. The molecule has 1 aliphatic rings. The average molecular weight is 397 g/mol. The lowest BCUT2D eigenvalue weighted by molar-refractivity contribution is -0.130. The molecule has 1 aromatic heterocycles. The van der Waals surface area contributed by atoms with E-state index in [-0.39, 0.29) is 17.7 Å². The molecule has 1 fully saturated rings. The predicted octanol–water partition coefficient (Wildman–Crippen LogP) is 1.92. The van der Waals surface area contributed by atoms with Gasteiger partial charge >= 0.3 is 0 Å². The van der Waals surface area contributed by atoms with Gasteiger partial charge < -0.3 is 19.9 Å². The van der Waals surface area contributed by atoms with Gasteiger partial charge in [-0.25, -0.2) is 9.97 Å². The Kier molecular flexibility index (Phi) is 6.43. The SMILES string of the molecule is COc1ccc(NC(=O)c2cnc([C@H]3CCN(C(=O)CN(C)C)C3)nc2C)cc1. The highest BCUT2D eigenvalue weighted by atomic mass is 16.5. The van der Waals surface area contributed by atoms with Gasteiger partial charge in [0.1, 0.15) is 11.6 Å². The third kappa shape index (κ3) is 5.08. The number of anilines is 1. The summed E-state index contributed by atoms with van der Waals surface area (Å²) in [5.74, 6) is 1.36. The number of amides is 2. The van der Waals surface area contributed by atoms with E-state index in [9.17, 15) is 9.59 Å². The van der Waals surface area contributed by atoms with Crippen LogP contribution in [0.4, 0.5) is 5.69 Å². The molecule has 3 rings (SSSR count). The first-order chi connectivity index (χ1) is 13.9. The van der Waals surface area contributed by atoms with Crippen molar-refractivity contribution in [1.29, 1.82) is 0 Å². The fraction of sp³-hybridized carbons (Fsp3) is 0.429. The van der Waals surface area contributed by atoms with Crippen LogP contribution in [0.25, 0.3) is 0 Å². The number of likely N-dealkylation sites (tertiary alicyclic amines) is 1. The van der Waals surface area contributed by atoms with E-state index in [1.807, 2.05) is 23.9 Å². The van der Waals surface area contributed by atoms with E-state index in [4.69, 9.17) is 4.74 Å². The van der Waals surface area contributed by atoms with Crippen molar-refractivity contribution < 1.29 is 14.3 Å².